The van der Waals surface area contributed by atoms with E-state index in [9.17, 15) is 14.0 Å². The topological polar surface area (TPSA) is 58.6 Å². The van der Waals surface area contributed by atoms with Crippen molar-refractivity contribution < 1.29 is 18.7 Å². The van der Waals surface area contributed by atoms with Crippen LogP contribution >= 0.6 is 0 Å². The van der Waals surface area contributed by atoms with Crippen LogP contribution in [0.2, 0.25) is 0 Å². The molecule has 0 spiro atoms. The quantitative estimate of drug-likeness (QED) is 0.924. The molecule has 1 aliphatic carbocycles. The third-order valence-electron chi connectivity index (χ3n) is 5.28. The normalized spacial score (nSPS) is 20.2. The third kappa shape index (κ3) is 3.09. The van der Waals surface area contributed by atoms with Gasteiger partial charge in [-0.1, -0.05) is 18.6 Å². The summed E-state index contributed by atoms with van der Waals surface area (Å²) in [6.45, 7) is 1.15. The Morgan fingerprint density at radius 2 is 2.00 bits per heavy atom. The molecule has 0 aromatic heterocycles. The first-order chi connectivity index (χ1) is 11.5. The first-order valence-electron chi connectivity index (χ1n) is 8.45. The van der Waals surface area contributed by atoms with Gasteiger partial charge in [-0.25, -0.2) is 9.18 Å². The molecule has 1 aromatic carbocycles. The number of carbonyl (C=O) groups excluding carboxylic acids is 2. The van der Waals surface area contributed by atoms with Crippen molar-refractivity contribution in [3.8, 4) is 0 Å². The summed E-state index contributed by atoms with van der Waals surface area (Å²) in [5.74, 6) is -0.325. The van der Waals surface area contributed by atoms with Gasteiger partial charge in [-0.05, 0) is 43.4 Å². The zero-order chi connectivity index (χ0) is 17.2. The molecule has 0 radical (unpaired) electrons. The molecule has 1 heterocycles. The number of hydrogen-bond donors (Lipinski definition) is 1. The van der Waals surface area contributed by atoms with Gasteiger partial charge in [0, 0.05) is 19.1 Å². The van der Waals surface area contributed by atoms with Crippen molar-refractivity contribution in [2.75, 3.05) is 20.2 Å². The van der Waals surface area contributed by atoms with Crippen molar-refractivity contribution in [3.63, 3.8) is 0 Å². The number of halogens is 1. The van der Waals surface area contributed by atoms with Crippen molar-refractivity contribution in [1.29, 1.82) is 0 Å². The first kappa shape index (κ1) is 16.7. The summed E-state index contributed by atoms with van der Waals surface area (Å²) >= 11 is 0. The lowest BCUT2D eigenvalue weighted by Gasteiger charge is -2.42. The third-order valence-corrected chi connectivity index (χ3v) is 5.28. The number of benzene rings is 1. The molecule has 0 unspecified atom stereocenters. The first-order valence-corrected chi connectivity index (χ1v) is 8.45. The van der Waals surface area contributed by atoms with Crippen LogP contribution in [0.25, 0.3) is 0 Å². The lowest BCUT2D eigenvalue weighted by Crippen LogP contribution is -2.54. The van der Waals surface area contributed by atoms with E-state index >= 15 is 0 Å². The molecule has 6 heteroatoms. The van der Waals surface area contributed by atoms with E-state index in [0.29, 0.717) is 25.9 Å². The largest absolute Gasteiger partial charge is 0.453 e. The molecule has 1 aromatic rings. The summed E-state index contributed by atoms with van der Waals surface area (Å²) in [6.07, 6.45) is 3.58. The molecule has 5 nitrogen and oxygen atoms in total. The van der Waals surface area contributed by atoms with Gasteiger partial charge in [0.1, 0.15) is 5.82 Å². The van der Waals surface area contributed by atoms with Gasteiger partial charge in [0.05, 0.1) is 12.5 Å². The number of ether oxygens (including phenoxy) is 1. The van der Waals surface area contributed by atoms with Crippen LogP contribution in [0.15, 0.2) is 24.3 Å². The van der Waals surface area contributed by atoms with E-state index in [4.69, 9.17) is 4.74 Å². The van der Waals surface area contributed by atoms with E-state index in [1.54, 1.807) is 11.0 Å². The number of hydrogen-bond acceptors (Lipinski definition) is 3. The molecular formula is C18H23FN2O3. The summed E-state index contributed by atoms with van der Waals surface area (Å²) < 4.78 is 18.3. The van der Waals surface area contributed by atoms with E-state index in [0.717, 1.165) is 24.8 Å². The van der Waals surface area contributed by atoms with Gasteiger partial charge >= 0.3 is 6.09 Å². The Bertz CT molecular complexity index is 622. The van der Waals surface area contributed by atoms with Gasteiger partial charge in [-0.2, -0.15) is 0 Å². The van der Waals surface area contributed by atoms with Gasteiger partial charge in [0.25, 0.3) is 0 Å². The predicted molar refractivity (Wildman–Crippen MR) is 87.1 cm³/mol. The maximum absolute atomic E-state index is 13.6. The minimum atomic E-state index is -0.596. The van der Waals surface area contributed by atoms with Crippen molar-refractivity contribution in [1.82, 2.24) is 10.2 Å². The number of piperidine rings is 1. The second-order valence-electron chi connectivity index (χ2n) is 6.65. The molecule has 24 heavy (non-hydrogen) atoms. The fourth-order valence-corrected chi connectivity index (χ4v) is 3.62. The monoisotopic (exact) mass is 334 g/mol. The Balaban J connectivity index is 1.63. The smallest absolute Gasteiger partial charge is 0.409 e. The van der Waals surface area contributed by atoms with Crippen LogP contribution in [0.4, 0.5) is 9.18 Å². The summed E-state index contributed by atoms with van der Waals surface area (Å²) in [5.41, 5.74) is 0.167. The summed E-state index contributed by atoms with van der Waals surface area (Å²) in [7, 11) is 1.37. The zero-order valence-electron chi connectivity index (χ0n) is 13.9. The number of methoxy groups -OCH3 is 1. The molecular weight excluding hydrogens is 311 g/mol. The summed E-state index contributed by atoms with van der Waals surface area (Å²) in [6, 6.07) is 6.41. The summed E-state index contributed by atoms with van der Waals surface area (Å²) in [4.78, 5) is 26.0. The number of likely N-dealkylation sites (tertiary alicyclic amines) is 1. The van der Waals surface area contributed by atoms with Crippen LogP contribution in [0.5, 0.6) is 0 Å². The molecule has 1 N–H and O–H groups in total. The van der Waals surface area contributed by atoms with Crippen LogP contribution in [-0.4, -0.2) is 43.1 Å². The highest BCUT2D eigenvalue weighted by atomic mass is 19.1. The molecule has 1 saturated heterocycles. The SMILES string of the molecule is COC(=O)N1CCC(NC(=O)C2(c3cccc(F)c3)CCC2)CC1. The molecule has 130 valence electrons. The van der Waals surface area contributed by atoms with Crippen LogP contribution in [-0.2, 0) is 14.9 Å². The highest BCUT2D eigenvalue weighted by molar-refractivity contribution is 5.89. The highest BCUT2D eigenvalue weighted by Crippen LogP contribution is 2.44. The van der Waals surface area contributed by atoms with Gasteiger partial charge in [0.15, 0.2) is 0 Å². The zero-order valence-corrected chi connectivity index (χ0v) is 13.9. The van der Waals surface area contributed by atoms with Gasteiger partial charge in [-0.15, -0.1) is 0 Å². The van der Waals surface area contributed by atoms with Gasteiger partial charge < -0.3 is 15.0 Å². The molecule has 0 atom stereocenters. The van der Waals surface area contributed by atoms with Crippen LogP contribution in [0, 0.1) is 5.82 Å². The standard InChI is InChI=1S/C18H23FN2O3/c1-24-17(23)21-10-6-15(7-11-21)20-16(22)18(8-3-9-18)13-4-2-5-14(19)12-13/h2,4-5,12,15H,3,6-11H2,1H3,(H,20,22). The van der Waals surface area contributed by atoms with Gasteiger partial charge in [0.2, 0.25) is 5.91 Å². The van der Waals surface area contributed by atoms with Crippen LogP contribution < -0.4 is 5.32 Å². The Kier molecular flexibility index (Phi) is 4.73. The number of nitrogens with zero attached hydrogens (tertiary/aromatic N) is 1. The van der Waals surface area contributed by atoms with Crippen molar-refractivity contribution in [2.24, 2.45) is 0 Å². The Morgan fingerprint density at radius 3 is 2.54 bits per heavy atom. The molecule has 2 amide bonds. The van der Waals surface area contributed by atoms with Crippen molar-refractivity contribution >= 4 is 12.0 Å². The molecule has 0 bridgehead atoms. The lowest BCUT2D eigenvalue weighted by molar-refractivity contribution is -0.131. The number of rotatable bonds is 3. The van der Waals surface area contributed by atoms with E-state index in [1.807, 2.05) is 6.07 Å². The lowest BCUT2D eigenvalue weighted by atomic mass is 9.63. The number of amides is 2. The Hall–Kier alpha value is -2.11. The maximum atomic E-state index is 13.6. The van der Waals surface area contributed by atoms with E-state index in [2.05, 4.69) is 5.32 Å². The fraction of sp³-hybridized carbons (Fsp3) is 0.556. The average Bonchev–Trinajstić information content (AvgIpc) is 2.54. The maximum Gasteiger partial charge on any atom is 0.409 e. The predicted octanol–water partition coefficient (Wildman–Crippen LogP) is 2.59. The van der Waals surface area contributed by atoms with E-state index in [1.165, 1.54) is 19.2 Å². The minimum Gasteiger partial charge on any atom is -0.453 e. The average molecular weight is 334 g/mol. The van der Waals surface area contributed by atoms with E-state index in [-0.39, 0.29) is 23.9 Å². The van der Waals surface area contributed by atoms with E-state index < -0.39 is 5.41 Å². The summed E-state index contributed by atoms with van der Waals surface area (Å²) in [5, 5.41) is 3.12. The fourth-order valence-electron chi connectivity index (χ4n) is 3.62. The molecule has 1 aliphatic heterocycles. The second kappa shape index (κ2) is 6.79. The number of nitrogens with one attached hydrogen (secondary N) is 1. The Morgan fingerprint density at radius 1 is 1.29 bits per heavy atom. The molecule has 3 rings (SSSR count). The highest BCUT2D eigenvalue weighted by Gasteiger charge is 2.46. The van der Waals surface area contributed by atoms with Gasteiger partial charge in [-0.3, -0.25) is 4.79 Å². The second-order valence-corrected chi connectivity index (χ2v) is 6.65. The molecule has 2 aliphatic rings. The van der Waals surface area contributed by atoms with Crippen molar-refractivity contribution in [2.45, 2.75) is 43.6 Å². The molecule has 2 fully saturated rings. The molecule has 1 saturated carbocycles. The van der Waals surface area contributed by atoms with Crippen LogP contribution in [0.3, 0.4) is 0 Å². The number of carbonyl (C=O) groups is 2. The minimum absolute atomic E-state index is 0.0177. The van der Waals surface area contributed by atoms with Crippen molar-refractivity contribution in [3.05, 3.63) is 35.6 Å². The van der Waals surface area contributed by atoms with Crippen LogP contribution in [0.1, 0.15) is 37.7 Å². The Labute approximate surface area is 141 Å².